The molecule has 1 heterocycles. The number of aromatic amines is 1. The molecule has 0 unspecified atom stereocenters. The van der Waals surface area contributed by atoms with E-state index < -0.39 is 6.04 Å². The molecule has 4 N–H and O–H groups in total. The van der Waals surface area contributed by atoms with Crippen LogP contribution >= 0.6 is 0 Å². The van der Waals surface area contributed by atoms with Crippen LogP contribution in [0.5, 0.6) is 0 Å². The van der Waals surface area contributed by atoms with E-state index in [4.69, 9.17) is 4.74 Å². The highest BCUT2D eigenvalue weighted by Crippen LogP contribution is 2.21. The Hall–Kier alpha value is -2.54. The van der Waals surface area contributed by atoms with Gasteiger partial charge in [0.2, 0.25) is 5.91 Å². The highest BCUT2D eigenvalue weighted by atomic mass is 16.5. The molecule has 7 nitrogen and oxygen atoms in total. The van der Waals surface area contributed by atoms with E-state index in [1.807, 2.05) is 30.5 Å². The maximum atomic E-state index is 12.5. The maximum Gasteiger partial charge on any atom is 0.315 e. The summed E-state index contributed by atoms with van der Waals surface area (Å²) in [6, 6.07) is 7.18. The van der Waals surface area contributed by atoms with Crippen molar-refractivity contribution in [3.63, 3.8) is 0 Å². The minimum Gasteiger partial charge on any atom is -0.383 e. The number of fused-ring (bicyclic) bond motifs is 1. The summed E-state index contributed by atoms with van der Waals surface area (Å²) in [5.41, 5.74) is 2.02. The molecule has 0 radical (unpaired) electrons. The fraction of sp³-hybridized carbons (Fsp3) is 0.444. The van der Waals surface area contributed by atoms with Crippen molar-refractivity contribution < 1.29 is 14.3 Å². The van der Waals surface area contributed by atoms with Crippen LogP contribution in [0.2, 0.25) is 0 Å². The first-order valence-corrected chi connectivity index (χ1v) is 8.56. The zero-order chi connectivity index (χ0) is 17.6. The van der Waals surface area contributed by atoms with Gasteiger partial charge in [0.1, 0.15) is 6.04 Å². The lowest BCUT2D eigenvalue weighted by molar-refractivity contribution is -0.123. The van der Waals surface area contributed by atoms with Crippen molar-refractivity contribution in [2.75, 3.05) is 20.3 Å². The SMILES string of the molecule is COCCNC(=O)N[C@@H](Cc1c[nH]c2ccccc12)C(=O)NC1CC1. The van der Waals surface area contributed by atoms with Crippen LogP contribution < -0.4 is 16.0 Å². The van der Waals surface area contributed by atoms with Crippen molar-refractivity contribution in [2.24, 2.45) is 0 Å². The molecule has 1 saturated carbocycles. The number of carbonyl (C=O) groups is 2. The largest absolute Gasteiger partial charge is 0.383 e. The summed E-state index contributed by atoms with van der Waals surface area (Å²) < 4.78 is 4.91. The van der Waals surface area contributed by atoms with E-state index in [0.717, 1.165) is 29.3 Å². The van der Waals surface area contributed by atoms with Gasteiger partial charge in [0.05, 0.1) is 6.61 Å². The molecule has 3 rings (SSSR count). The number of amides is 3. The Bertz CT molecular complexity index is 739. The molecular weight excluding hydrogens is 320 g/mol. The summed E-state index contributed by atoms with van der Waals surface area (Å²) in [5.74, 6) is -0.144. The fourth-order valence-electron chi connectivity index (χ4n) is 2.74. The number of nitrogens with one attached hydrogen (secondary N) is 4. The molecule has 1 aromatic carbocycles. The molecule has 0 spiro atoms. The molecule has 0 bridgehead atoms. The number of rotatable bonds is 8. The maximum absolute atomic E-state index is 12.5. The van der Waals surface area contributed by atoms with Gasteiger partial charge in [-0.05, 0) is 24.5 Å². The Morgan fingerprint density at radius 2 is 2.12 bits per heavy atom. The van der Waals surface area contributed by atoms with Gasteiger partial charge in [-0.1, -0.05) is 18.2 Å². The normalized spacial score (nSPS) is 14.9. The molecule has 1 aromatic heterocycles. The standard InChI is InChI=1S/C18H24N4O3/c1-25-9-8-19-18(24)22-16(17(23)21-13-6-7-13)10-12-11-20-15-5-3-2-4-14(12)15/h2-5,11,13,16,20H,6-10H2,1H3,(H,21,23)(H2,19,22,24)/t16-/m0/s1. The predicted octanol–water partition coefficient (Wildman–Crippen LogP) is 1.30. The second-order valence-electron chi connectivity index (χ2n) is 6.29. The van der Waals surface area contributed by atoms with Gasteiger partial charge in [0, 0.05) is 43.2 Å². The molecule has 1 atom stereocenters. The minimum absolute atomic E-state index is 0.144. The van der Waals surface area contributed by atoms with E-state index in [-0.39, 0.29) is 18.0 Å². The monoisotopic (exact) mass is 344 g/mol. The van der Waals surface area contributed by atoms with E-state index >= 15 is 0 Å². The summed E-state index contributed by atoms with van der Waals surface area (Å²) in [5, 5.41) is 9.51. The van der Waals surface area contributed by atoms with E-state index in [1.54, 1.807) is 7.11 Å². The van der Waals surface area contributed by atoms with Crippen molar-refractivity contribution in [1.82, 2.24) is 20.9 Å². The molecule has 7 heteroatoms. The van der Waals surface area contributed by atoms with Crippen LogP contribution in [-0.4, -0.2) is 49.3 Å². The van der Waals surface area contributed by atoms with E-state index in [0.29, 0.717) is 19.6 Å². The third-order valence-electron chi connectivity index (χ3n) is 4.24. The third kappa shape index (κ3) is 4.73. The number of hydrogen-bond donors (Lipinski definition) is 4. The van der Waals surface area contributed by atoms with Gasteiger partial charge in [-0.3, -0.25) is 4.79 Å². The number of benzene rings is 1. The Labute approximate surface area is 146 Å². The predicted molar refractivity (Wildman–Crippen MR) is 95.4 cm³/mol. The van der Waals surface area contributed by atoms with Crippen LogP contribution in [-0.2, 0) is 16.0 Å². The van der Waals surface area contributed by atoms with Gasteiger partial charge in [0.15, 0.2) is 0 Å². The first-order valence-electron chi connectivity index (χ1n) is 8.56. The summed E-state index contributed by atoms with van der Waals surface area (Å²) >= 11 is 0. The highest BCUT2D eigenvalue weighted by Gasteiger charge is 2.29. The molecule has 1 aliphatic carbocycles. The average Bonchev–Trinajstić information content (AvgIpc) is 3.33. The minimum atomic E-state index is -0.623. The molecule has 2 aromatic rings. The molecule has 1 fully saturated rings. The van der Waals surface area contributed by atoms with E-state index in [1.165, 1.54) is 0 Å². The van der Waals surface area contributed by atoms with Crippen LogP contribution in [0, 0.1) is 0 Å². The number of carbonyl (C=O) groups excluding carboxylic acids is 2. The van der Waals surface area contributed by atoms with Crippen LogP contribution in [0.25, 0.3) is 10.9 Å². The summed E-state index contributed by atoms with van der Waals surface area (Å²) in [6.45, 7) is 0.821. The summed E-state index contributed by atoms with van der Waals surface area (Å²) in [7, 11) is 1.57. The molecular formula is C18H24N4O3. The van der Waals surface area contributed by atoms with Gasteiger partial charge >= 0.3 is 6.03 Å². The van der Waals surface area contributed by atoms with Crippen LogP contribution in [0.15, 0.2) is 30.5 Å². The zero-order valence-corrected chi connectivity index (χ0v) is 14.3. The quantitative estimate of drug-likeness (QED) is 0.544. The Morgan fingerprint density at radius 1 is 1.32 bits per heavy atom. The Kier molecular flexibility index (Phi) is 5.55. The lowest BCUT2D eigenvalue weighted by atomic mass is 10.0. The Morgan fingerprint density at radius 3 is 2.88 bits per heavy atom. The first-order chi connectivity index (χ1) is 12.2. The van der Waals surface area contributed by atoms with Crippen molar-refractivity contribution in [1.29, 1.82) is 0 Å². The van der Waals surface area contributed by atoms with Gasteiger partial charge < -0.3 is 25.7 Å². The molecule has 0 aliphatic heterocycles. The number of methoxy groups -OCH3 is 1. The second-order valence-corrected chi connectivity index (χ2v) is 6.29. The number of aromatic nitrogens is 1. The number of H-pyrrole nitrogens is 1. The highest BCUT2D eigenvalue weighted by molar-refractivity contribution is 5.89. The molecule has 1 aliphatic rings. The van der Waals surface area contributed by atoms with E-state index in [9.17, 15) is 9.59 Å². The number of ether oxygens (including phenoxy) is 1. The smallest absolute Gasteiger partial charge is 0.315 e. The fourth-order valence-corrected chi connectivity index (χ4v) is 2.74. The second kappa shape index (κ2) is 8.02. The first kappa shape index (κ1) is 17.3. The Balaban J connectivity index is 1.68. The zero-order valence-electron chi connectivity index (χ0n) is 14.3. The third-order valence-corrected chi connectivity index (χ3v) is 4.24. The van der Waals surface area contributed by atoms with Crippen molar-refractivity contribution in [3.05, 3.63) is 36.0 Å². The number of hydrogen-bond acceptors (Lipinski definition) is 3. The molecule has 3 amide bonds. The number of urea groups is 1. The van der Waals surface area contributed by atoms with Crippen LogP contribution in [0.3, 0.4) is 0 Å². The van der Waals surface area contributed by atoms with Crippen LogP contribution in [0.4, 0.5) is 4.79 Å². The van der Waals surface area contributed by atoms with Gasteiger partial charge in [-0.25, -0.2) is 4.79 Å². The molecule has 25 heavy (non-hydrogen) atoms. The van der Waals surface area contributed by atoms with Gasteiger partial charge in [-0.15, -0.1) is 0 Å². The topological polar surface area (TPSA) is 95.2 Å². The average molecular weight is 344 g/mol. The van der Waals surface area contributed by atoms with Crippen molar-refractivity contribution >= 4 is 22.8 Å². The van der Waals surface area contributed by atoms with Gasteiger partial charge in [-0.2, -0.15) is 0 Å². The van der Waals surface area contributed by atoms with Crippen molar-refractivity contribution in [2.45, 2.75) is 31.3 Å². The van der Waals surface area contributed by atoms with Gasteiger partial charge in [0.25, 0.3) is 0 Å². The lowest BCUT2D eigenvalue weighted by Gasteiger charge is -2.18. The van der Waals surface area contributed by atoms with Crippen molar-refractivity contribution in [3.8, 4) is 0 Å². The van der Waals surface area contributed by atoms with E-state index in [2.05, 4.69) is 20.9 Å². The summed E-state index contributed by atoms with van der Waals surface area (Å²) in [6.07, 6.45) is 4.34. The molecule has 0 saturated heterocycles. The number of para-hydroxylation sites is 1. The van der Waals surface area contributed by atoms with Crippen LogP contribution in [0.1, 0.15) is 18.4 Å². The lowest BCUT2D eigenvalue weighted by Crippen LogP contribution is -2.51. The summed E-state index contributed by atoms with van der Waals surface area (Å²) in [4.78, 5) is 27.8. The molecule has 134 valence electrons.